The third kappa shape index (κ3) is 3.17. The van der Waals surface area contributed by atoms with Crippen molar-refractivity contribution in [1.29, 1.82) is 0 Å². The highest BCUT2D eigenvalue weighted by atomic mass is 16.5. The SMILES string of the molecule is C=CCCc1nccnc1OC(C)C. The summed E-state index contributed by atoms with van der Waals surface area (Å²) in [5, 5.41) is 0. The first-order valence-corrected chi connectivity index (χ1v) is 4.81. The van der Waals surface area contributed by atoms with E-state index < -0.39 is 0 Å². The van der Waals surface area contributed by atoms with E-state index in [-0.39, 0.29) is 6.10 Å². The highest BCUT2D eigenvalue weighted by Crippen LogP contribution is 2.14. The number of hydrogen-bond donors (Lipinski definition) is 0. The molecule has 0 radical (unpaired) electrons. The minimum Gasteiger partial charge on any atom is -0.474 e. The molecule has 0 aliphatic carbocycles. The second-order valence-electron chi connectivity index (χ2n) is 3.30. The molecular formula is C11H16N2O. The Balaban J connectivity index is 2.74. The second-order valence-corrected chi connectivity index (χ2v) is 3.30. The first-order chi connectivity index (χ1) is 6.74. The largest absolute Gasteiger partial charge is 0.474 e. The molecule has 0 aliphatic heterocycles. The zero-order chi connectivity index (χ0) is 10.4. The molecule has 1 rings (SSSR count). The van der Waals surface area contributed by atoms with Gasteiger partial charge in [-0.3, -0.25) is 4.98 Å². The molecule has 0 aliphatic rings. The van der Waals surface area contributed by atoms with E-state index in [0.29, 0.717) is 5.88 Å². The first-order valence-electron chi connectivity index (χ1n) is 4.81. The van der Waals surface area contributed by atoms with Crippen molar-refractivity contribution < 1.29 is 4.74 Å². The van der Waals surface area contributed by atoms with Gasteiger partial charge in [0.2, 0.25) is 5.88 Å². The fraction of sp³-hybridized carbons (Fsp3) is 0.455. The Morgan fingerprint density at radius 3 is 2.79 bits per heavy atom. The average Bonchev–Trinajstić information content (AvgIpc) is 2.16. The number of ether oxygens (including phenoxy) is 1. The summed E-state index contributed by atoms with van der Waals surface area (Å²) in [5.41, 5.74) is 0.904. The minimum atomic E-state index is 0.134. The summed E-state index contributed by atoms with van der Waals surface area (Å²) >= 11 is 0. The van der Waals surface area contributed by atoms with Crippen LogP contribution < -0.4 is 4.74 Å². The normalized spacial score (nSPS) is 10.2. The molecule has 0 spiro atoms. The Morgan fingerprint density at radius 1 is 1.43 bits per heavy atom. The van der Waals surface area contributed by atoms with Crippen LogP contribution in [0.2, 0.25) is 0 Å². The van der Waals surface area contributed by atoms with Crippen LogP contribution in [0.25, 0.3) is 0 Å². The zero-order valence-corrected chi connectivity index (χ0v) is 8.73. The molecule has 14 heavy (non-hydrogen) atoms. The molecule has 0 unspecified atom stereocenters. The molecule has 1 aromatic rings. The number of hydrogen-bond acceptors (Lipinski definition) is 3. The molecule has 0 saturated carbocycles. The molecule has 0 atom stereocenters. The Labute approximate surface area is 84.8 Å². The fourth-order valence-electron chi connectivity index (χ4n) is 1.09. The average molecular weight is 192 g/mol. The second kappa shape index (κ2) is 5.37. The van der Waals surface area contributed by atoms with Crippen LogP contribution in [0.15, 0.2) is 25.0 Å². The topological polar surface area (TPSA) is 35.0 Å². The van der Waals surface area contributed by atoms with Crippen LogP contribution in [0.3, 0.4) is 0 Å². The van der Waals surface area contributed by atoms with Crippen LogP contribution in [0.1, 0.15) is 26.0 Å². The minimum absolute atomic E-state index is 0.134. The standard InChI is InChI=1S/C11H16N2O/c1-4-5-6-10-11(14-9(2)3)13-8-7-12-10/h4,7-9H,1,5-6H2,2-3H3. The summed E-state index contributed by atoms with van der Waals surface area (Å²) in [5.74, 6) is 0.643. The highest BCUT2D eigenvalue weighted by molar-refractivity contribution is 5.18. The van der Waals surface area contributed by atoms with E-state index in [1.165, 1.54) is 0 Å². The maximum atomic E-state index is 5.53. The summed E-state index contributed by atoms with van der Waals surface area (Å²) in [6, 6.07) is 0. The number of aryl methyl sites for hydroxylation is 1. The maximum absolute atomic E-state index is 5.53. The number of allylic oxidation sites excluding steroid dienone is 1. The van der Waals surface area contributed by atoms with Gasteiger partial charge in [-0.1, -0.05) is 6.08 Å². The van der Waals surface area contributed by atoms with Crippen molar-refractivity contribution in [3.63, 3.8) is 0 Å². The fourth-order valence-corrected chi connectivity index (χ4v) is 1.09. The van der Waals surface area contributed by atoms with Gasteiger partial charge < -0.3 is 4.74 Å². The van der Waals surface area contributed by atoms with Crippen LogP contribution in [0.5, 0.6) is 5.88 Å². The molecule has 3 nitrogen and oxygen atoms in total. The summed E-state index contributed by atoms with van der Waals surface area (Å²) < 4.78 is 5.53. The molecule has 1 heterocycles. The van der Waals surface area contributed by atoms with Gasteiger partial charge in [-0.05, 0) is 26.7 Å². The van der Waals surface area contributed by atoms with Crippen molar-refractivity contribution in [3.05, 3.63) is 30.7 Å². The lowest BCUT2D eigenvalue weighted by Gasteiger charge is -2.11. The van der Waals surface area contributed by atoms with E-state index in [1.807, 2.05) is 19.9 Å². The quantitative estimate of drug-likeness (QED) is 0.672. The number of rotatable bonds is 5. The molecule has 0 N–H and O–H groups in total. The lowest BCUT2D eigenvalue weighted by molar-refractivity contribution is 0.228. The predicted molar refractivity (Wildman–Crippen MR) is 56.3 cm³/mol. The van der Waals surface area contributed by atoms with Crippen molar-refractivity contribution in [2.24, 2.45) is 0 Å². The summed E-state index contributed by atoms with van der Waals surface area (Å²) in [6.45, 7) is 7.63. The molecular weight excluding hydrogens is 176 g/mol. The van der Waals surface area contributed by atoms with Gasteiger partial charge in [0.05, 0.1) is 6.10 Å². The Bertz CT molecular complexity index is 297. The van der Waals surface area contributed by atoms with Crippen molar-refractivity contribution in [2.75, 3.05) is 0 Å². The Hall–Kier alpha value is -1.38. The zero-order valence-electron chi connectivity index (χ0n) is 8.73. The van der Waals surface area contributed by atoms with Crippen LogP contribution in [-0.4, -0.2) is 16.1 Å². The van der Waals surface area contributed by atoms with Gasteiger partial charge in [-0.25, -0.2) is 4.98 Å². The molecule has 0 aromatic carbocycles. The smallest absolute Gasteiger partial charge is 0.235 e. The van der Waals surface area contributed by atoms with Crippen molar-refractivity contribution >= 4 is 0 Å². The molecule has 0 fully saturated rings. The summed E-state index contributed by atoms with van der Waals surface area (Å²) in [4.78, 5) is 8.39. The Morgan fingerprint density at radius 2 is 2.14 bits per heavy atom. The van der Waals surface area contributed by atoms with Crippen LogP contribution in [-0.2, 0) is 6.42 Å². The van der Waals surface area contributed by atoms with E-state index >= 15 is 0 Å². The Kier molecular flexibility index (Phi) is 4.11. The van der Waals surface area contributed by atoms with Gasteiger partial charge in [-0.2, -0.15) is 0 Å². The van der Waals surface area contributed by atoms with Crippen LogP contribution in [0, 0.1) is 0 Å². The molecule has 0 bridgehead atoms. The van der Waals surface area contributed by atoms with E-state index in [0.717, 1.165) is 18.5 Å². The van der Waals surface area contributed by atoms with Crippen molar-refractivity contribution in [2.45, 2.75) is 32.8 Å². The molecule has 1 aromatic heterocycles. The van der Waals surface area contributed by atoms with Gasteiger partial charge in [0, 0.05) is 12.4 Å². The monoisotopic (exact) mass is 192 g/mol. The highest BCUT2D eigenvalue weighted by Gasteiger charge is 2.06. The van der Waals surface area contributed by atoms with Crippen molar-refractivity contribution in [1.82, 2.24) is 9.97 Å². The molecule has 0 amide bonds. The van der Waals surface area contributed by atoms with Gasteiger partial charge in [-0.15, -0.1) is 6.58 Å². The predicted octanol–water partition coefficient (Wildman–Crippen LogP) is 2.38. The lowest BCUT2D eigenvalue weighted by Crippen LogP contribution is -2.09. The summed E-state index contributed by atoms with van der Waals surface area (Å²) in [6.07, 6.45) is 7.07. The van der Waals surface area contributed by atoms with Gasteiger partial charge in [0.1, 0.15) is 5.69 Å². The third-order valence-corrected chi connectivity index (χ3v) is 1.67. The van der Waals surface area contributed by atoms with E-state index in [9.17, 15) is 0 Å². The molecule has 76 valence electrons. The van der Waals surface area contributed by atoms with E-state index in [4.69, 9.17) is 4.74 Å². The lowest BCUT2D eigenvalue weighted by atomic mass is 10.2. The van der Waals surface area contributed by atoms with E-state index in [1.54, 1.807) is 12.4 Å². The van der Waals surface area contributed by atoms with Crippen molar-refractivity contribution in [3.8, 4) is 5.88 Å². The molecule has 0 saturated heterocycles. The van der Waals surface area contributed by atoms with Gasteiger partial charge >= 0.3 is 0 Å². The summed E-state index contributed by atoms with van der Waals surface area (Å²) in [7, 11) is 0. The van der Waals surface area contributed by atoms with Gasteiger partial charge in [0.15, 0.2) is 0 Å². The van der Waals surface area contributed by atoms with Crippen LogP contribution >= 0.6 is 0 Å². The number of nitrogens with zero attached hydrogens (tertiary/aromatic N) is 2. The first kappa shape index (κ1) is 10.7. The van der Waals surface area contributed by atoms with E-state index in [2.05, 4.69) is 16.5 Å². The maximum Gasteiger partial charge on any atom is 0.235 e. The van der Waals surface area contributed by atoms with Crippen LogP contribution in [0.4, 0.5) is 0 Å². The third-order valence-electron chi connectivity index (χ3n) is 1.67. The number of aromatic nitrogens is 2. The van der Waals surface area contributed by atoms with Gasteiger partial charge in [0.25, 0.3) is 0 Å². The molecule has 3 heteroatoms.